The van der Waals surface area contributed by atoms with Gasteiger partial charge in [0.25, 0.3) is 5.91 Å². The average molecular weight is 359 g/mol. The molecule has 0 aromatic heterocycles. The van der Waals surface area contributed by atoms with Crippen LogP contribution in [0.1, 0.15) is 31.9 Å². The maximum absolute atomic E-state index is 12.0. The SMILES string of the molecule is C=CCNC(=O)[C@H](C)OC(=O)/C=C/c1cc2c(cc1OCC)C[C@@H](C)O2. The molecule has 6 nitrogen and oxygen atoms in total. The molecule has 0 saturated carbocycles. The first-order valence-corrected chi connectivity index (χ1v) is 8.68. The van der Waals surface area contributed by atoms with E-state index in [2.05, 4.69) is 11.9 Å². The number of fused-ring (bicyclic) bond motifs is 1. The molecule has 26 heavy (non-hydrogen) atoms. The number of hydrogen-bond donors (Lipinski definition) is 1. The van der Waals surface area contributed by atoms with Gasteiger partial charge < -0.3 is 19.5 Å². The zero-order valence-corrected chi connectivity index (χ0v) is 15.4. The standard InChI is InChI=1S/C20H25NO5/c1-5-9-21-20(23)14(4)26-19(22)8-7-15-11-18-16(10-13(3)25-18)12-17(15)24-6-2/h5,7-8,11-14H,1,6,9-10H2,2-4H3,(H,21,23)/b8-7+/t13-,14+/m1/s1. The second-order valence-electron chi connectivity index (χ2n) is 6.01. The number of ether oxygens (including phenoxy) is 3. The lowest BCUT2D eigenvalue weighted by Crippen LogP contribution is -2.35. The Hall–Kier alpha value is -2.76. The molecule has 140 valence electrons. The molecule has 0 fully saturated rings. The summed E-state index contributed by atoms with van der Waals surface area (Å²) in [6.07, 6.45) is 4.51. The minimum Gasteiger partial charge on any atom is -0.493 e. The molecule has 6 heteroatoms. The summed E-state index contributed by atoms with van der Waals surface area (Å²) in [5, 5.41) is 2.57. The molecule has 1 heterocycles. The van der Waals surface area contributed by atoms with Gasteiger partial charge >= 0.3 is 5.97 Å². The smallest absolute Gasteiger partial charge is 0.331 e. The van der Waals surface area contributed by atoms with E-state index < -0.39 is 12.1 Å². The molecule has 1 aromatic carbocycles. The fourth-order valence-electron chi connectivity index (χ4n) is 2.61. The Morgan fingerprint density at radius 1 is 1.46 bits per heavy atom. The van der Waals surface area contributed by atoms with E-state index in [9.17, 15) is 9.59 Å². The van der Waals surface area contributed by atoms with E-state index in [1.165, 1.54) is 13.0 Å². The van der Waals surface area contributed by atoms with Gasteiger partial charge in [-0.1, -0.05) is 6.08 Å². The number of rotatable bonds is 8. The van der Waals surface area contributed by atoms with Crippen LogP contribution in [-0.2, 0) is 20.7 Å². The predicted molar refractivity (Wildman–Crippen MR) is 99.2 cm³/mol. The average Bonchev–Trinajstić information content (AvgIpc) is 2.96. The van der Waals surface area contributed by atoms with Crippen molar-refractivity contribution in [2.75, 3.05) is 13.2 Å². The number of carbonyl (C=O) groups is 2. The normalized spacial score (nSPS) is 16.5. The zero-order valence-electron chi connectivity index (χ0n) is 15.4. The summed E-state index contributed by atoms with van der Waals surface area (Å²) >= 11 is 0. The molecule has 0 saturated heterocycles. The van der Waals surface area contributed by atoms with Gasteiger partial charge in [-0.25, -0.2) is 4.79 Å². The number of carbonyl (C=O) groups excluding carboxylic acids is 2. The van der Waals surface area contributed by atoms with Gasteiger partial charge in [0.05, 0.1) is 6.61 Å². The number of nitrogens with one attached hydrogen (secondary N) is 1. The number of amides is 1. The Morgan fingerprint density at radius 3 is 2.92 bits per heavy atom. The van der Waals surface area contributed by atoms with Crippen molar-refractivity contribution < 1.29 is 23.8 Å². The fourth-order valence-corrected chi connectivity index (χ4v) is 2.61. The topological polar surface area (TPSA) is 73.9 Å². The van der Waals surface area contributed by atoms with Gasteiger partial charge in [0.2, 0.25) is 0 Å². The minimum atomic E-state index is -0.886. The summed E-state index contributed by atoms with van der Waals surface area (Å²) in [6.45, 7) is 9.77. The van der Waals surface area contributed by atoms with Crippen LogP contribution < -0.4 is 14.8 Å². The van der Waals surface area contributed by atoms with Crippen molar-refractivity contribution in [1.82, 2.24) is 5.32 Å². The van der Waals surface area contributed by atoms with Gasteiger partial charge in [0.1, 0.15) is 17.6 Å². The molecule has 0 bridgehead atoms. The first kappa shape index (κ1) is 19.6. The van der Waals surface area contributed by atoms with Crippen LogP contribution in [0.25, 0.3) is 6.08 Å². The lowest BCUT2D eigenvalue weighted by Gasteiger charge is -2.12. The third-order valence-electron chi connectivity index (χ3n) is 3.81. The largest absolute Gasteiger partial charge is 0.493 e. The molecule has 1 amide bonds. The van der Waals surface area contributed by atoms with Crippen molar-refractivity contribution in [3.8, 4) is 11.5 Å². The second-order valence-corrected chi connectivity index (χ2v) is 6.01. The first-order chi connectivity index (χ1) is 12.4. The molecule has 2 atom stereocenters. The maximum atomic E-state index is 12.0. The van der Waals surface area contributed by atoms with Crippen molar-refractivity contribution in [1.29, 1.82) is 0 Å². The summed E-state index contributed by atoms with van der Waals surface area (Å²) in [5.41, 5.74) is 1.81. The third kappa shape index (κ3) is 5.12. The fraction of sp³-hybridized carbons (Fsp3) is 0.400. The lowest BCUT2D eigenvalue weighted by atomic mass is 10.1. The van der Waals surface area contributed by atoms with Crippen molar-refractivity contribution in [3.05, 3.63) is 42.0 Å². The van der Waals surface area contributed by atoms with Crippen LogP contribution in [0.4, 0.5) is 0 Å². The van der Waals surface area contributed by atoms with Crippen LogP contribution in [0, 0.1) is 0 Å². The van der Waals surface area contributed by atoms with Crippen LogP contribution in [0.15, 0.2) is 30.9 Å². The van der Waals surface area contributed by atoms with Gasteiger partial charge in [-0.2, -0.15) is 0 Å². The lowest BCUT2D eigenvalue weighted by molar-refractivity contribution is -0.150. The number of benzene rings is 1. The summed E-state index contributed by atoms with van der Waals surface area (Å²) in [4.78, 5) is 23.7. The molecular weight excluding hydrogens is 334 g/mol. The Labute approximate surface area is 153 Å². The van der Waals surface area contributed by atoms with Gasteiger partial charge in [0, 0.05) is 30.2 Å². The summed E-state index contributed by atoms with van der Waals surface area (Å²) in [5.74, 6) is 0.501. The molecule has 1 aliphatic rings. The van der Waals surface area contributed by atoms with Crippen LogP contribution in [0.3, 0.4) is 0 Å². The zero-order chi connectivity index (χ0) is 19.1. The van der Waals surface area contributed by atoms with Gasteiger partial charge in [-0.05, 0) is 39.0 Å². The minimum absolute atomic E-state index is 0.124. The highest BCUT2D eigenvalue weighted by Gasteiger charge is 2.21. The molecule has 0 radical (unpaired) electrons. The Balaban J connectivity index is 2.06. The van der Waals surface area contributed by atoms with E-state index >= 15 is 0 Å². The molecular formula is C20H25NO5. The van der Waals surface area contributed by atoms with E-state index in [1.807, 2.05) is 26.0 Å². The Kier molecular flexibility index (Phi) is 6.83. The van der Waals surface area contributed by atoms with Gasteiger partial charge in [-0.3, -0.25) is 4.79 Å². The van der Waals surface area contributed by atoms with E-state index in [1.54, 1.807) is 12.2 Å². The third-order valence-corrected chi connectivity index (χ3v) is 3.81. The molecule has 1 aliphatic heterocycles. The second kappa shape index (κ2) is 9.08. The quantitative estimate of drug-likeness (QED) is 0.439. The van der Waals surface area contributed by atoms with E-state index in [4.69, 9.17) is 14.2 Å². The Morgan fingerprint density at radius 2 is 2.23 bits per heavy atom. The molecule has 0 aliphatic carbocycles. The van der Waals surface area contributed by atoms with Crippen LogP contribution >= 0.6 is 0 Å². The van der Waals surface area contributed by atoms with Gasteiger partial charge in [-0.15, -0.1) is 6.58 Å². The highest BCUT2D eigenvalue weighted by Crippen LogP contribution is 2.35. The molecule has 0 unspecified atom stereocenters. The number of hydrogen-bond acceptors (Lipinski definition) is 5. The molecule has 1 aromatic rings. The Bertz CT molecular complexity index is 710. The van der Waals surface area contributed by atoms with E-state index in [-0.39, 0.29) is 12.0 Å². The van der Waals surface area contributed by atoms with E-state index in [0.29, 0.717) is 18.9 Å². The number of esters is 1. The van der Waals surface area contributed by atoms with Crippen molar-refractivity contribution in [3.63, 3.8) is 0 Å². The predicted octanol–water partition coefficient (Wildman–Crippen LogP) is 2.66. The van der Waals surface area contributed by atoms with Crippen molar-refractivity contribution in [2.24, 2.45) is 0 Å². The molecule has 2 rings (SSSR count). The summed E-state index contributed by atoms with van der Waals surface area (Å²) in [6, 6.07) is 3.80. The van der Waals surface area contributed by atoms with Crippen LogP contribution in [-0.4, -0.2) is 37.2 Å². The van der Waals surface area contributed by atoms with E-state index in [0.717, 1.165) is 23.3 Å². The maximum Gasteiger partial charge on any atom is 0.331 e. The highest BCUT2D eigenvalue weighted by atomic mass is 16.5. The monoisotopic (exact) mass is 359 g/mol. The van der Waals surface area contributed by atoms with Crippen molar-refractivity contribution in [2.45, 2.75) is 39.4 Å². The molecule has 0 spiro atoms. The van der Waals surface area contributed by atoms with Gasteiger partial charge in [0.15, 0.2) is 6.10 Å². The summed E-state index contributed by atoms with van der Waals surface area (Å²) < 4.78 is 16.5. The molecule has 1 N–H and O–H groups in total. The summed E-state index contributed by atoms with van der Waals surface area (Å²) in [7, 11) is 0. The van der Waals surface area contributed by atoms with Crippen molar-refractivity contribution >= 4 is 18.0 Å². The van der Waals surface area contributed by atoms with Crippen LogP contribution in [0.5, 0.6) is 11.5 Å². The van der Waals surface area contributed by atoms with Crippen LogP contribution in [0.2, 0.25) is 0 Å². The first-order valence-electron chi connectivity index (χ1n) is 8.68. The highest BCUT2D eigenvalue weighted by molar-refractivity contribution is 5.90.